The Kier molecular flexibility index (Phi) is 5.87. The zero-order chi connectivity index (χ0) is 17.7. The van der Waals surface area contributed by atoms with Crippen molar-refractivity contribution in [2.75, 3.05) is 12.4 Å². The first kappa shape index (κ1) is 17.9. The van der Waals surface area contributed by atoms with Crippen LogP contribution in [0.4, 0.5) is 11.5 Å². The Morgan fingerprint density at radius 2 is 2.25 bits per heavy atom. The molecule has 0 spiro atoms. The maximum Gasteiger partial charge on any atom is 0.343 e. The van der Waals surface area contributed by atoms with Crippen molar-refractivity contribution in [1.29, 1.82) is 5.26 Å². The summed E-state index contributed by atoms with van der Waals surface area (Å²) in [7, 11) is 1.19. The number of carbonyl (C=O) groups excluding carboxylic acids is 1. The van der Waals surface area contributed by atoms with Crippen molar-refractivity contribution in [2.45, 2.75) is 5.75 Å². The molecule has 7 nitrogen and oxygen atoms in total. The maximum absolute atomic E-state index is 12.0. The third kappa shape index (κ3) is 4.29. The molecule has 0 amide bonds. The van der Waals surface area contributed by atoms with E-state index in [0.29, 0.717) is 11.3 Å². The van der Waals surface area contributed by atoms with Crippen molar-refractivity contribution >= 4 is 40.2 Å². The van der Waals surface area contributed by atoms with Gasteiger partial charge in [0, 0.05) is 5.69 Å². The Morgan fingerprint density at radius 1 is 1.50 bits per heavy atom. The third-order valence-corrected chi connectivity index (χ3v) is 3.75. The topological polar surface area (TPSA) is 112 Å². The van der Waals surface area contributed by atoms with Crippen LogP contribution in [0.25, 0.3) is 0 Å². The van der Waals surface area contributed by atoms with Crippen LogP contribution in [-0.2, 0) is 21.6 Å². The summed E-state index contributed by atoms with van der Waals surface area (Å²) < 4.78 is 24.6. The minimum atomic E-state index is -1.97. The maximum atomic E-state index is 12.0. The van der Waals surface area contributed by atoms with E-state index in [4.69, 9.17) is 16.2 Å². The van der Waals surface area contributed by atoms with Gasteiger partial charge in [0.1, 0.15) is 22.6 Å². The van der Waals surface area contributed by atoms with Crippen molar-refractivity contribution in [3.63, 3.8) is 0 Å². The highest BCUT2D eigenvalue weighted by molar-refractivity contribution is 7.78. The highest BCUT2D eigenvalue weighted by Crippen LogP contribution is 2.26. The van der Waals surface area contributed by atoms with Crippen LogP contribution in [0.1, 0.15) is 21.5 Å². The average molecular weight is 366 g/mol. The van der Waals surface area contributed by atoms with Crippen molar-refractivity contribution in [2.24, 2.45) is 0 Å². The minimum Gasteiger partial charge on any atom is -0.465 e. The zero-order valence-electron chi connectivity index (χ0n) is 12.4. The molecule has 0 aliphatic rings. The summed E-state index contributed by atoms with van der Waals surface area (Å²) in [6.45, 7) is 0. The lowest BCUT2D eigenvalue weighted by Gasteiger charge is -2.12. The summed E-state index contributed by atoms with van der Waals surface area (Å²) in [6, 6.07) is 9.82. The molecule has 2 N–H and O–H groups in total. The van der Waals surface area contributed by atoms with Gasteiger partial charge in [-0.25, -0.2) is 14.0 Å². The van der Waals surface area contributed by atoms with Crippen LogP contribution in [0.3, 0.4) is 0 Å². The van der Waals surface area contributed by atoms with Gasteiger partial charge >= 0.3 is 5.97 Å². The monoisotopic (exact) mass is 365 g/mol. The third-order valence-electron chi connectivity index (χ3n) is 2.98. The molecule has 1 aromatic carbocycles. The molecule has 9 heteroatoms. The van der Waals surface area contributed by atoms with Gasteiger partial charge < -0.3 is 14.6 Å². The molecule has 0 saturated heterocycles. The van der Waals surface area contributed by atoms with Crippen LogP contribution in [0, 0.1) is 11.3 Å². The molecule has 1 atom stereocenters. The highest BCUT2D eigenvalue weighted by Gasteiger charge is 2.20. The Bertz CT molecular complexity index is 851. The second kappa shape index (κ2) is 7.88. The van der Waals surface area contributed by atoms with Gasteiger partial charge in [0.15, 0.2) is 11.1 Å². The zero-order valence-corrected chi connectivity index (χ0v) is 14.0. The lowest BCUT2D eigenvalue weighted by molar-refractivity contribution is 0.0601. The van der Waals surface area contributed by atoms with Crippen LogP contribution in [0.15, 0.2) is 30.3 Å². The molecule has 2 rings (SSSR count). The smallest absolute Gasteiger partial charge is 0.343 e. The quantitative estimate of drug-likeness (QED) is 0.476. The summed E-state index contributed by atoms with van der Waals surface area (Å²) in [5, 5.41) is 12.1. The number of hydrogen-bond donors (Lipinski definition) is 2. The van der Waals surface area contributed by atoms with Crippen molar-refractivity contribution in [3.05, 3.63) is 52.2 Å². The number of esters is 1. The van der Waals surface area contributed by atoms with Gasteiger partial charge in [-0.05, 0) is 23.8 Å². The van der Waals surface area contributed by atoms with E-state index in [1.54, 1.807) is 24.3 Å². The van der Waals surface area contributed by atoms with Gasteiger partial charge in [0.25, 0.3) is 0 Å². The van der Waals surface area contributed by atoms with Gasteiger partial charge in [-0.1, -0.05) is 23.7 Å². The number of nitriles is 1. The fraction of sp³-hybridized carbons (Fsp3) is 0.133. The molecule has 0 saturated carbocycles. The normalized spacial score (nSPS) is 11.4. The number of nitrogens with one attached hydrogen (secondary N) is 1. The fourth-order valence-electron chi connectivity index (χ4n) is 2.02. The number of pyridine rings is 1. The molecule has 0 bridgehead atoms. The number of carbonyl (C=O) groups is 1. The van der Waals surface area contributed by atoms with Gasteiger partial charge in [-0.15, -0.1) is 0 Å². The predicted octanol–water partition coefficient (Wildman–Crippen LogP) is 2.86. The number of ether oxygens (including phenoxy) is 1. The van der Waals surface area contributed by atoms with Crippen molar-refractivity contribution < 1.29 is 18.3 Å². The number of benzene rings is 1. The van der Waals surface area contributed by atoms with E-state index < -0.39 is 17.0 Å². The van der Waals surface area contributed by atoms with Crippen LogP contribution in [0.5, 0.6) is 0 Å². The highest BCUT2D eigenvalue weighted by atomic mass is 35.5. The number of methoxy groups -OCH3 is 1. The van der Waals surface area contributed by atoms with E-state index in [2.05, 4.69) is 15.0 Å². The summed E-state index contributed by atoms with van der Waals surface area (Å²) in [5.41, 5.74) is 1.11. The van der Waals surface area contributed by atoms with Crippen LogP contribution >= 0.6 is 11.6 Å². The average Bonchev–Trinajstić information content (AvgIpc) is 2.53. The molecule has 124 valence electrons. The molecule has 24 heavy (non-hydrogen) atoms. The summed E-state index contributed by atoms with van der Waals surface area (Å²) in [6.07, 6.45) is 0. The predicted molar refractivity (Wildman–Crippen MR) is 89.5 cm³/mol. The Hall–Kier alpha value is -2.47. The molecular weight excluding hydrogens is 354 g/mol. The van der Waals surface area contributed by atoms with Crippen LogP contribution < -0.4 is 5.32 Å². The van der Waals surface area contributed by atoms with E-state index >= 15 is 0 Å². The van der Waals surface area contributed by atoms with E-state index in [-0.39, 0.29) is 27.9 Å². The molecule has 0 fully saturated rings. The van der Waals surface area contributed by atoms with Crippen molar-refractivity contribution in [3.8, 4) is 6.07 Å². The molecule has 1 aromatic heterocycles. The summed E-state index contributed by atoms with van der Waals surface area (Å²) in [4.78, 5) is 16.0. The second-order valence-corrected chi connectivity index (χ2v) is 5.93. The summed E-state index contributed by atoms with van der Waals surface area (Å²) >= 11 is 3.91. The van der Waals surface area contributed by atoms with Crippen LogP contribution in [0.2, 0.25) is 5.15 Å². The van der Waals surface area contributed by atoms with E-state index in [1.165, 1.54) is 13.2 Å². The largest absolute Gasteiger partial charge is 0.465 e. The number of hydrogen-bond acceptors (Lipinski definition) is 6. The molecule has 0 aliphatic carbocycles. The summed E-state index contributed by atoms with van der Waals surface area (Å²) in [5.74, 6) is -0.704. The van der Waals surface area contributed by atoms with Gasteiger partial charge in [-0.2, -0.15) is 5.26 Å². The molecular formula is C15H12ClN3O4S. The SMILES string of the molecule is COC(=O)c1c(C#N)cc(Cl)nc1Nc1cccc(CS(=O)O)c1. The first-order valence-corrected chi connectivity index (χ1v) is 8.22. The number of anilines is 2. The van der Waals surface area contributed by atoms with Gasteiger partial charge in [0.05, 0.1) is 18.4 Å². The van der Waals surface area contributed by atoms with Gasteiger partial charge in [-0.3, -0.25) is 0 Å². The van der Waals surface area contributed by atoms with Crippen molar-refractivity contribution in [1.82, 2.24) is 4.98 Å². The Labute approximate surface area is 145 Å². The van der Waals surface area contributed by atoms with Gasteiger partial charge in [0.2, 0.25) is 0 Å². The number of aromatic nitrogens is 1. The standard InChI is InChI=1S/C15H12ClN3O4S/c1-23-15(20)13-10(7-17)6-12(16)19-14(13)18-11-4-2-3-9(5-11)8-24(21)22/h2-6H,8H2,1H3,(H,18,19)(H,21,22). The first-order chi connectivity index (χ1) is 11.4. The number of rotatable bonds is 5. The molecule has 2 aromatic rings. The van der Waals surface area contributed by atoms with Crippen LogP contribution in [-0.4, -0.2) is 26.8 Å². The molecule has 1 heterocycles. The molecule has 1 unspecified atom stereocenters. The lowest BCUT2D eigenvalue weighted by Crippen LogP contribution is -2.10. The lowest BCUT2D eigenvalue weighted by atomic mass is 10.1. The van der Waals surface area contributed by atoms with E-state index in [0.717, 1.165) is 0 Å². The minimum absolute atomic E-state index is 0.0250. The number of halogens is 1. The Balaban J connectivity index is 2.46. The second-order valence-electron chi connectivity index (χ2n) is 4.61. The Morgan fingerprint density at radius 3 is 2.88 bits per heavy atom. The van der Waals surface area contributed by atoms with E-state index in [9.17, 15) is 14.3 Å². The molecule has 0 radical (unpaired) electrons. The molecule has 0 aliphatic heterocycles. The number of nitrogens with zero attached hydrogens (tertiary/aromatic N) is 2. The van der Waals surface area contributed by atoms with E-state index in [1.807, 2.05) is 6.07 Å². The first-order valence-electron chi connectivity index (χ1n) is 6.57. The fourth-order valence-corrected chi connectivity index (χ4v) is 2.68.